The Kier molecular flexibility index (Phi) is 6.97. The number of nitrogens with one attached hydrogen (secondary N) is 2. The molecule has 0 radical (unpaired) electrons. The number of benzene rings is 1. The summed E-state index contributed by atoms with van der Waals surface area (Å²) in [4.78, 5) is 23.0. The van der Waals surface area contributed by atoms with E-state index in [1.807, 2.05) is 0 Å². The van der Waals surface area contributed by atoms with E-state index in [1.54, 1.807) is 12.1 Å². The van der Waals surface area contributed by atoms with Crippen molar-refractivity contribution >= 4 is 23.7 Å². The minimum absolute atomic E-state index is 0.0645. The van der Waals surface area contributed by atoms with Gasteiger partial charge in [-0.3, -0.25) is 10.1 Å². The summed E-state index contributed by atoms with van der Waals surface area (Å²) in [6.45, 7) is 3.59. The van der Waals surface area contributed by atoms with Gasteiger partial charge in [0, 0.05) is 6.54 Å². The van der Waals surface area contributed by atoms with Gasteiger partial charge in [-0.25, -0.2) is 13.9 Å². The van der Waals surface area contributed by atoms with Gasteiger partial charge >= 0.3 is 6.03 Å². The third-order valence-corrected chi connectivity index (χ3v) is 3.86. The molecule has 26 heavy (non-hydrogen) atoms. The predicted molar refractivity (Wildman–Crippen MR) is 93.4 cm³/mol. The largest absolute Gasteiger partial charge is 0.482 e. The smallest absolute Gasteiger partial charge is 0.321 e. The first-order valence-corrected chi connectivity index (χ1v) is 8.38. The van der Waals surface area contributed by atoms with Crippen LogP contribution in [0.4, 0.5) is 9.18 Å². The average Bonchev–Trinajstić information content (AvgIpc) is 2.97. The van der Waals surface area contributed by atoms with Crippen LogP contribution in [0.15, 0.2) is 42.1 Å². The monoisotopic (exact) mass is 380 g/mol. The molecule has 0 fully saturated rings. The number of nitrogen functional groups attached to an aromatic ring is 1. The lowest BCUT2D eigenvalue weighted by atomic mass is 10.3. The summed E-state index contributed by atoms with van der Waals surface area (Å²) in [5.41, 5.74) is 0. The lowest BCUT2D eigenvalue weighted by Crippen LogP contribution is -2.40. The Bertz CT molecular complexity index is 797. The molecule has 4 N–H and O–H groups in total. The first-order valence-electron chi connectivity index (χ1n) is 7.39. The fraction of sp³-hybridized carbons (Fsp3) is 0.200. The first kappa shape index (κ1) is 19.2. The van der Waals surface area contributed by atoms with E-state index < -0.39 is 17.8 Å². The highest BCUT2D eigenvalue weighted by Crippen LogP contribution is 2.18. The summed E-state index contributed by atoms with van der Waals surface area (Å²) in [6.07, 6.45) is 1.49. The molecule has 0 unspecified atom stereocenters. The van der Waals surface area contributed by atoms with Crippen molar-refractivity contribution in [3.8, 4) is 5.75 Å². The van der Waals surface area contributed by atoms with Gasteiger partial charge in [0.15, 0.2) is 17.4 Å². The number of ether oxygens (including phenoxy) is 1. The van der Waals surface area contributed by atoms with Crippen molar-refractivity contribution in [2.45, 2.75) is 11.8 Å². The zero-order valence-electron chi connectivity index (χ0n) is 13.6. The van der Waals surface area contributed by atoms with E-state index in [-0.39, 0.29) is 35.6 Å². The maximum Gasteiger partial charge on any atom is 0.321 e. The topological polar surface area (TPSA) is 124 Å². The van der Waals surface area contributed by atoms with Crippen molar-refractivity contribution < 1.29 is 18.7 Å². The molecule has 0 atom stereocenters. The minimum Gasteiger partial charge on any atom is -0.482 e. The summed E-state index contributed by atoms with van der Waals surface area (Å²) < 4.78 is 19.9. The molecule has 0 saturated heterocycles. The van der Waals surface area contributed by atoms with Crippen LogP contribution in [0.5, 0.6) is 5.75 Å². The summed E-state index contributed by atoms with van der Waals surface area (Å²) in [5.74, 6) is 5.03. The van der Waals surface area contributed by atoms with Crippen molar-refractivity contribution in [1.82, 2.24) is 25.5 Å². The van der Waals surface area contributed by atoms with Gasteiger partial charge in [0.2, 0.25) is 11.1 Å². The number of para-hydroxylation sites is 1. The zero-order valence-corrected chi connectivity index (χ0v) is 14.5. The van der Waals surface area contributed by atoms with Crippen molar-refractivity contribution in [3.05, 3.63) is 48.6 Å². The van der Waals surface area contributed by atoms with Crippen LogP contribution >= 0.6 is 11.8 Å². The van der Waals surface area contributed by atoms with Crippen molar-refractivity contribution in [1.29, 1.82) is 0 Å². The molecule has 3 amide bonds. The third kappa shape index (κ3) is 5.48. The Hall–Kier alpha value is -3.08. The number of rotatable bonds is 8. The second-order valence-electron chi connectivity index (χ2n) is 4.82. The van der Waals surface area contributed by atoms with Crippen LogP contribution < -0.4 is 21.2 Å². The molecule has 1 aromatic heterocycles. The van der Waals surface area contributed by atoms with Crippen LogP contribution in [-0.2, 0) is 11.4 Å². The van der Waals surface area contributed by atoms with E-state index in [9.17, 15) is 14.0 Å². The number of carbonyl (C=O) groups excluding carboxylic acids is 2. The fourth-order valence-corrected chi connectivity index (χ4v) is 2.39. The molecule has 0 aliphatic heterocycles. The highest BCUT2D eigenvalue weighted by Gasteiger charge is 2.14. The van der Waals surface area contributed by atoms with Gasteiger partial charge in [0.05, 0.1) is 5.75 Å². The first-order chi connectivity index (χ1) is 12.5. The number of urea groups is 1. The molecule has 0 aliphatic carbocycles. The van der Waals surface area contributed by atoms with Crippen LogP contribution in [0, 0.1) is 5.82 Å². The Morgan fingerprint density at radius 2 is 2.15 bits per heavy atom. The van der Waals surface area contributed by atoms with Crippen LogP contribution in [0.2, 0.25) is 0 Å². The number of hydrogen-bond acceptors (Lipinski definition) is 7. The highest BCUT2D eigenvalue weighted by atomic mass is 32.2. The number of hydrogen-bond donors (Lipinski definition) is 3. The van der Waals surface area contributed by atoms with Crippen molar-refractivity contribution in [3.63, 3.8) is 0 Å². The van der Waals surface area contributed by atoms with E-state index in [4.69, 9.17) is 10.6 Å². The molecule has 0 spiro atoms. The van der Waals surface area contributed by atoms with Crippen molar-refractivity contribution in [2.75, 3.05) is 18.1 Å². The SMILES string of the molecule is C=CCNC(=O)NC(=O)CSc1nnc(COc2ccccc2F)n1N. The molecule has 0 aliphatic rings. The third-order valence-electron chi connectivity index (χ3n) is 2.92. The number of carbonyl (C=O) groups is 2. The van der Waals surface area contributed by atoms with E-state index in [0.29, 0.717) is 0 Å². The van der Waals surface area contributed by atoms with Crippen molar-refractivity contribution in [2.24, 2.45) is 0 Å². The predicted octanol–water partition coefficient (Wildman–Crippen LogP) is 0.814. The standard InChI is InChI=1S/C15H17FN6O3S/c1-2-7-18-14(24)19-13(23)9-26-15-21-20-12(22(15)17)8-25-11-6-4-3-5-10(11)16/h2-6H,1,7-9,17H2,(H2,18,19,23,24). The van der Waals surface area contributed by atoms with Crippen LogP contribution in [0.25, 0.3) is 0 Å². The fourth-order valence-electron chi connectivity index (χ4n) is 1.71. The van der Waals surface area contributed by atoms with E-state index in [0.717, 1.165) is 16.4 Å². The van der Waals surface area contributed by atoms with E-state index in [1.165, 1.54) is 18.2 Å². The number of amides is 3. The van der Waals surface area contributed by atoms with Gasteiger partial charge in [-0.2, -0.15) is 0 Å². The molecule has 2 aromatic rings. The van der Waals surface area contributed by atoms with Gasteiger partial charge in [0.1, 0.15) is 6.61 Å². The molecular formula is C15H17FN6O3S. The number of halogens is 1. The molecule has 0 saturated carbocycles. The quantitative estimate of drug-likeness (QED) is 0.352. The molecule has 1 heterocycles. The Morgan fingerprint density at radius 3 is 2.88 bits per heavy atom. The number of nitrogens with zero attached hydrogens (tertiary/aromatic N) is 3. The maximum atomic E-state index is 13.5. The second-order valence-corrected chi connectivity index (χ2v) is 5.77. The summed E-state index contributed by atoms with van der Waals surface area (Å²) in [7, 11) is 0. The number of thioether (sulfide) groups is 1. The lowest BCUT2D eigenvalue weighted by molar-refractivity contribution is -0.117. The van der Waals surface area contributed by atoms with Crippen LogP contribution in [0.3, 0.4) is 0 Å². The van der Waals surface area contributed by atoms with Gasteiger partial charge in [0.25, 0.3) is 0 Å². The molecular weight excluding hydrogens is 363 g/mol. The molecule has 138 valence electrons. The normalized spacial score (nSPS) is 10.2. The Labute approximate surface area is 152 Å². The molecule has 11 heteroatoms. The van der Waals surface area contributed by atoms with E-state index >= 15 is 0 Å². The Morgan fingerprint density at radius 1 is 1.38 bits per heavy atom. The van der Waals surface area contributed by atoms with Gasteiger partial charge in [-0.05, 0) is 12.1 Å². The van der Waals surface area contributed by atoms with Gasteiger partial charge < -0.3 is 15.9 Å². The summed E-state index contributed by atoms with van der Waals surface area (Å²) in [6, 6.07) is 5.31. The molecule has 1 aromatic carbocycles. The number of imide groups is 1. The lowest BCUT2D eigenvalue weighted by Gasteiger charge is -2.07. The van der Waals surface area contributed by atoms with Gasteiger partial charge in [-0.15, -0.1) is 16.8 Å². The zero-order chi connectivity index (χ0) is 18.9. The maximum absolute atomic E-state index is 13.5. The average molecular weight is 380 g/mol. The second kappa shape index (κ2) is 9.42. The van der Waals surface area contributed by atoms with Gasteiger partial charge in [-0.1, -0.05) is 30.0 Å². The number of nitrogens with two attached hydrogens (primary N) is 1. The molecule has 9 nitrogen and oxygen atoms in total. The molecule has 2 rings (SSSR count). The summed E-state index contributed by atoms with van der Waals surface area (Å²) in [5, 5.41) is 12.5. The minimum atomic E-state index is -0.622. The summed E-state index contributed by atoms with van der Waals surface area (Å²) >= 11 is 0.989. The molecule has 0 bridgehead atoms. The van der Waals surface area contributed by atoms with Crippen LogP contribution in [-0.4, -0.2) is 39.1 Å². The Balaban J connectivity index is 1.84. The number of aromatic nitrogens is 3. The van der Waals surface area contributed by atoms with Crippen LogP contribution in [0.1, 0.15) is 5.82 Å². The van der Waals surface area contributed by atoms with E-state index in [2.05, 4.69) is 27.4 Å². The highest BCUT2D eigenvalue weighted by molar-refractivity contribution is 7.99.